The molecule has 6 aromatic heterocycles. The highest BCUT2D eigenvalue weighted by Gasteiger charge is 2.41. The number of nitrogens with one attached hydrogen (secondary N) is 1. The third-order valence-corrected chi connectivity index (χ3v) is 14.6. The summed E-state index contributed by atoms with van der Waals surface area (Å²) in [4.78, 5) is 68.8. The van der Waals surface area contributed by atoms with Crippen LogP contribution in [0.25, 0.3) is 50.7 Å². The molecule has 470 valence electrons. The molecule has 2 aliphatic heterocycles. The summed E-state index contributed by atoms with van der Waals surface area (Å²) in [5, 5.41) is 25.9. The summed E-state index contributed by atoms with van der Waals surface area (Å²) in [6.07, 6.45) is 6.48. The number of aromatic carboxylic acids is 1. The summed E-state index contributed by atoms with van der Waals surface area (Å²) in [5.41, 5.74) is 8.24. The SMILES string of the molecule is C.CCc1cc(-c2ccc(F)cc2)nn2cc(C(=O)N3CCN(C(=O)OC(C)(C)C)CC3(C)C)nc12.CCc1cc(-c2ccc(F)cc2)nn2cc(C(=O)N3CCNCC3(C)C)nc12.CCc1cc(-c2ccc(F)cc2)nn2cc(C(=O)O)nc12.I.II.[HH]. The molecule has 88 heavy (non-hydrogen) atoms. The summed E-state index contributed by atoms with van der Waals surface area (Å²) in [5.74, 6) is -2.29. The second kappa shape index (κ2) is 29.6. The van der Waals surface area contributed by atoms with Gasteiger partial charge in [0, 0.05) is 94.6 Å². The molecule has 8 heterocycles. The molecule has 0 aliphatic carbocycles. The van der Waals surface area contributed by atoms with E-state index in [9.17, 15) is 32.3 Å². The summed E-state index contributed by atoms with van der Waals surface area (Å²) < 4.78 is 49.9. The summed E-state index contributed by atoms with van der Waals surface area (Å²) in [6.45, 7) is 22.7. The van der Waals surface area contributed by atoms with Gasteiger partial charge in [0.1, 0.15) is 34.4 Å². The number of imidazole rings is 3. The predicted octanol–water partition coefficient (Wildman–Crippen LogP) is 13.6. The third-order valence-electron chi connectivity index (χ3n) is 14.6. The number of fused-ring (bicyclic) bond motifs is 3. The van der Waals surface area contributed by atoms with Crippen LogP contribution in [0, 0.1) is 17.5 Å². The number of rotatable bonds is 9. The Kier molecular flexibility index (Phi) is 23.7. The van der Waals surface area contributed by atoms with Crippen LogP contribution < -0.4 is 5.32 Å². The fourth-order valence-electron chi connectivity index (χ4n) is 10.1. The molecule has 0 spiro atoms. The van der Waals surface area contributed by atoms with E-state index in [4.69, 9.17) is 9.84 Å². The zero-order valence-electron chi connectivity index (χ0n) is 49.9. The minimum Gasteiger partial charge on any atom is -0.476 e. The number of hydrogen-bond acceptors (Lipinski definition) is 12. The first-order valence-corrected chi connectivity index (χ1v) is 34.3. The van der Waals surface area contributed by atoms with Crippen molar-refractivity contribution in [1.82, 2.24) is 63.8 Å². The van der Waals surface area contributed by atoms with E-state index in [0.29, 0.717) is 78.7 Å². The minimum absolute atomic E-state index is 0. The topological polar surface area (TPSA) is 210 Å². The van der Waals surface area contributed by atoms with Crippen LogP contribution in [-0.4, -0.2) is 143 Å². The van der Waals surface area contributed by atoms with E-state index < -0.39 is 17.1 Å². The minimum atomic E-state index is -1.09. The van der Waals surface area contributed by atoms with E-state index in [1.54, 1.807) is 67.6 Å². The largest absolute Gasteiger partial charge is 0.476 e. The summed E-state index contributed by atoms with van der Waals surface area (Å²) in [6, 6.07) is 24.1. The second-order valence-corrected chi connectivity index (χ2v) is 22.9. The maximum atomic E-state index is 13.5. The van der Waals surface area contributed by atoms with Crippen LogP contribution in [0.3, 0.4) is 0 Å². The van der Waals surface area contributed by atoms with E-state index in [1.807, 2.05) is 78.5 Å². The zero-order valence-corrected chi connectivity index (χ0v) is 56.6. The van der Waals surface area contributed by atoms with Crippen molar-refractivity contribution in [3.8, 4) is 33.8 Å². The van der Waals surface area contributed by atoms with E-state index in [2.05, 4.69) is 86.6 Å². The molecule has 0 bridgehead atoms. The number of benzene rings is 3. The molecule has 2 N–H and O–H groups in total. The number of ether oxygens (including phenoxy) is 1. The third kappa shape index (κ3) is 16.3. The lowest BCUT2D eigenvalue weighted by atomic mass is 9.98. The number of aryl methyl sites for hydroxylation is 3. The number of carboxylic acids is 1. The van der Waals surface area contributed by atoms with Gasteiger partial charge in [-0.25, -0.2) is 51.3 Å². The molecular weight excluding hydrogens is 1470 g/mol. The van der Waals surface area contributed by atoms with Gasteiger partial charge in [-0.2, -0.15) is 15.3 Å². The monoisotopic (exact) mass is 1550 g/mol. The number of carbonyl (C=O) groups is 4. The normalized spacial score (nSPS) is 14.3. The number of amides is 3. The van der Waals surface area contributed by atoms with Gasteiger partial charge in [-0.3, -0.25) is 9.59 Å². The Bertz CT molecular complexity index is 3930. The number of hydrogen-bond donors (Lipinski definition) is 2. The highest BCUT2D eigenvalue weighted by Crippen LogP contribution is 2.29. The van der Waals surface area contributed by atoms with E-state index >= 15 is 0 Å². The molecule has 3 amide bonds. The van der Waals surface area contributed by atoms with Gasteiger partial charge in [0.05, 0.1) is 46.8 Å². The van der Waals surface area contributed by atoms with Crippen molar-refractivity contribution >= 4 is 102 Å². The lowest BCUT2D eigenvalue weighted by molar-refractivity contribution is -0.0110. The zero-order chi connectivity index (χ0) is 62.4. The first kappa shape index (κ1) is 70.2. The van der Waals surface area contributed by atoms with E-state index in [0.717, 1.165) is 58.6 Å². The molecular formula is C63H75F3I3N13O6. The van der Waals surface area contributed by atoms with Gasteiger partial charge < -0.3 is 29.9 Å². The van der Waals surface area contributed by atoms with Crippen LogP contribution in [0.4, 0.5) is 18.0 Å². The molecule has 2 saturated heterocycles. The Morgan fingerprint density at radius 1 is 0.591 bits per heavy atom. The van der Waals surface area contributed by atoms with Crippen LogP contribution in [-0.2, 0) is 24.0 Å². The maximum Gasteiger partial charge on any atom is 0.410 e. The molecule has 11 rings (SSSR count). The molecule has 2 fully saturated rings. The lowest BCUT2D eigenvalue weighted by Crippen LogP contribution is -2.62. The Morgan fingerprint density at radius 2 is 0.943 bits per heavy atom. The first-order valence-electron chi connectivity index (χ1n) is 28.0. The standard InChI is InChI=1S/C26H32FN5O3.C21H24FN5O.C15H12FN3O2.CH4.I2.HI.H2/c1-7-17-14-20(18-8-10-19(27)11-9-18)29-32-15-21(28-22(17)32)23(33)31-13-12-30(16-26(31,5)6)24(34)35-25(2,3)4;1-4-14-11-17(15-5-7-16(22)8-6-15)25-27-12-18(24-19(14)27)20(28)26-10-9-23-13-21(26,2)3;1-2-9-7-12(10-3-5-11(16)6-4-10)18-19-8-13(15(20)21)17-14(9)19;;1-2;;/h8-11,14-15H,7,12-13,16H2,1-6H3;5-8,11-12,23H,4,9-10,13H2,1-3H3;3-8H,2H2,1H3,(H,20,21);1H4;;2*1H. The molecule has 9 aromatic rings. The maximum absolute atomic E-state index is 13.5. The number of nitrogens with zero attached hydrogens (tertiary/aromatic N) is 12. The molecule has 0 saturated carbocycles. The fourth-order valence-corrected chi connectivity index (χ4v) is 10.1. The molecule has 19 nitrogen and oxygen atoms in total. The predicted molar refractivity (Wildman–Crippen MR) is 363 cm³/mol. The number of carboxylic acid groups (broad SMARTS) is 1. The second-order valence-electron chi connectivity index (χ2n) is 22.9. The van der Waals surface area contributed by atoms with Gasteiger partial charge in [-0.05, 0) is 175 Å². The molecule has 0 atom stereocenters. The highest BCUT2D eigenvalue weighted by atomic mass is 128. The summed E-state index contributed by atoms with van der Waals surface area (Å²) in [7, 11) is 0. The fraction of sp³-hybridized carbons (Fsp3) is 0.365. The highest BCUT2D eigenvalue weighted by molar-refractivity contribution is 15.0. The first-order chi connectivity index (χ1) is 40.8. The Hall–Kier alpha value is -6.86. The molecule has 3 aromatic carbocycles. The van der Waals surface area contributed by atoms with Crippen molar-refractivity contribution in [2.75, 3.05) is 39.3 Å². The number of halogens is 6. The van der Waals surface area contributed by atoms with Crippen molar-refractivity contribution in [2.24, 2.45) is 0 Å². The van der Waals surface area contributed by atoms with Gasteiger partial charge in [0.2, 0.25) is 0 Å². The van der Waals surface area contributed by atoms with Gasteiger partial charge in [-0.1, -0.05) is 28.2 Å². The van der Waals surface area contributed by atoms with Crippen LogP contribution in [0.1, 0.15) is 126 Å². The van der Waals surface area contributed by atoms with Crippen LogP contribution in [0.2, 0.25) is 0 Å². The molecule has 25 heteroatoms. The van der Waals surface area contributed by atoms with Gasteiger partial charge in [0.25, 0.3) is 11.8 Å². The number of piperazine rings is 2. The molecule has 2 aliphatic rings. The van der Waals surface area contributed by atoms with Crippen molar-refractivity contribution in [1.29, 1.82) is 0 Å². The van der Waals surface area contributed by atoms with Crippen LogP contribution in [0.5, 0.6) is 0 Å². The van der Waals surface area contributed by atoms with Gasteiger partial charge in [0.15, 0.2) is 22.6 Å². The van der Waals surface area contributed by atoms with E-state index in [-0.39, 0.29) is 79.4 Å². The quantitative estimate of drug-likeness (QED) is 0.129. The Balaban J connectivity index is 0.000000242. The molecule has 0 unspecified atom stereocenters. The Morgan fingerprint density at radius 3 is 1.27 bits per heavy atom. The molecule has 0 radical (unpaired) electrons. The van der Waals surface area contributed by atoms with Gasteiger partial charge in [-0.15, -0.1) is 24.0 Å². The van der Waals surface area contributed by atoms with Gasteiger partial charge >= 0.3 is 12.1 Å². The van der Waals surface area contributed by atoms with Crippen molar-refractivity contribution in [3.63, 3.8) is 0 Å². The lowest BCUT2D eigenvalue weighted by Gasteiger charge is -2.46. The number of aromatic nitrogens is 9. The van der Waals surface area contributed by atoms with Crippen molar-refractivity contribution in [3.05, 3.63) is 161 Å². The number of carbonyl (C=O) groups excluding carboxylic acids is 3. The van der Waals surface area contributed by atoms with Crippen LogP contribution >= 0.6 is 61.2 Å². The van der Waals surface area contributed by atoms with Crippen molar-refractivity contribution in [2.45, 2.75) is 113 Å². The smallest absolute Gasteiger partial charge is 0.410 e. The van der Waals surface area contributed by atoms with E-state index in [1.165, 1.54) is 47.1 Å². The Labute approximate surface area is 551 Å². The van der Waals surface area contributed by atoms with Crippen molar-refractivity contribution < 1.29 is 43.6 Å². The average molecular weight is 1550 g/mol. The average Bonchev–Trinajstić information content (AvgIpc) is 3.01. The van der Waals surface area contributed by atoms with Crippen LogP contribution in [0.15, 0.2) is 110 Å². The summed E-state index contributed by atoms with van der Waals surface area (Å²) >= 11 is 4.24.